The van der Waals surface area contributed by atoms with Gasteiger partial charge in [-0.25, -0.2) is 4.79 Å². The molecule has 47 heavy (non-hydrogen) atoms. The van der Waals surface area contributed by atoms with Crippen molar-refractivity contribution in [1.82, 2.24) is 0 Å². The van der Waals surface area contributed by atoms with E-state index < -0.39 is 97.3 Å². The minimum Gasteiger partial charge on any atom is -0.459 e. The largest absolute Gasteiger partial charge is 0.459 e. The third-order valence-electron chi connectivity index (χ3n) is 8.62. The summed E-state index contributed by atoms with van der Waals surface area (Å²) in [5.74, 6) is -4.66. The number of hydrogen-bond acceptors (Lipinski definition) is 13. The van der Waals surface area contributed by atoms with Gasteiger partial charge in [-0.1, -0.05) is 48.6 Å². The lowest BCUT2D eigenvalue weighted by molar-refractivity contribution is -0.306. The van der Waals surface area contributed by atoms with Crippen LogP contribution in [0.25, 0.3) is 0 Å². The van der Waals surface area contributed by atoms with Crippen molar-refractivity contribution in [2.45, 2.75) is 125 Å². The van der Waals surface area contributed by atoms with Crippen LogP contribution >= 0.6 is 0 Å². The molecule has 0 unspecified atom stereocenters. The Morgan fingerprint density at radius 1 is 0.936 bits per heavy atom. The molecule has 4 aliphatic rings. The summed E-state index contributed by atoms with van der Waals surface area (Å²) in [5, 5.41) is 54.1. The molecule has 14 nitrogen and oxygen atoms in total. The Kier molecular flexibility index (Phi) is 13.1. The standard InChI is InChI=1S/C33H48N2O12/c1-18-10-8-6-4-3-5-7-9-11-21(45-32-30(40)28(34)29(39)19(2)44-32)15-25-27(31(35)41)22(37)17-33(42,47-25)16-20(36)14-24-23(46-24)12-13-26(38)43-18/h3-9,11-13,18-25,27-30,32,36-37,39-40,42H,10,14-17,34H2,1-2H3,(H2,35,41)/b4-3+,7-5+,8-6+,11-9+,13-12+/t18-,19+,20-,21-,22+,23+,24-,25+,27-,28-,29+,30-,32-,33-/m0/s1. The summed E-state index contributed by atoms with van der Waals surface area (Å²) in [5.41, 5.74) is 11.6. The number of rotatable bonds is 3. The van der Waals surface area contributed by atoms with Crippen molar-refractivity contribution in [3.8, 4) is 0 Å². The minimum atomic E-state index is -2.04. The van der Waals surface area contributed by atoms with Crippen LogP contribution in [0.2, 0.25) is 0 Å². The van der Waals surface area contributed by atoms with Crippen LogP contribution in [0.15, 0.2) is 60.8 Å². The number of aliphatic hydroxyl groups is 5. The van der Waals surface area contributed by atoms with Gasteiger partial charge in [-0.3, -0.25) is 4.79 Å². The van der Waals surface area contributed by atoms with Gasteiger partial charge in [-0.2, -0.15) is 0 Å². The maximum Gasteiger partial charge on any atom is 0.330 e. The smallest absolute Gasteiger partial charge is 0.330 e. The molecule has 14 heteroatoms. The Hall–Kier alpha value is -2.76. The first-order valence-corrected chi connectivity index (χ1v) is 16.0. The zero-order valence-electron chi connectivity index (χ0n) is 26.6. The van der Waals surface area contributed by atoms with Gasteiger partial charge in [0.05, 0.1) is 54.7 Å². The van der Waals surface area contributed by atoms with E-state index in [1.54, 1.807) is 56.4 Å². The van der Waals surface area contributed by atoms with Gasteiger partial charge < -0.3 is 60.7 Å². The van der Waals surface area contributed by atoms with Crippen LogP contribution in [0.1, 0.15) is 46.0 Å². The predicted molar refractivity (Wildman–Crippen MR) is 167 cm³/mol. The fourth-order valence-electron chi connectivity index (χ4n) is 6.05. The molecule has 0 aliphatic carbocycles. The van der Waals surface area contributed by atoms with Gasteiger partial charge in [-0.15, -0.1) is 0 Å². The van der Waals surface area contributed by atoms with Crippen molar-refractivity contribution in [2.24, 2.45) is 17.4 Å². The molecule has 0 aromatic heterocycles. The molecule has 4 heterocycles. The second-order valence-electron chi connectivity index (χ2n) is 12.6. The summed E-state index contributed by atoms with van der Waals surface area (Å²) in [6.45, 7) is 3.36. The number of esters is 1. The topological polar surface area (TPSA) is 237 Å². The molecule has 2 bridgehead atoms. The third-order valence-corrected chi connectivity index (χ3v) is 8.62. The van der Waals surface area contributed by atoms with Crippen LogP contribution in [0, 0.1) is 5.92 Å². The van der Waals surface area contributed by atoms with Crippen LogP contribution in [0.4, 0.5) is 0 Å². The molecule has 0 radical (unpaired) electrons. The van der Waals surface area contributed by atoms with E-state index in [-0.39, 0.29) is 25.4 Å². The molecule has 0 saturated carbocycles. The highest BCUT2D eigenvalue weighted by Gasteiger charge is 2.51. The minimum absolute atomic E-state index is 0.104. The van der Waals surface area contributed by atoms with E-state index in [9.17, 15) is 35.1 Å². The number of hydrogen-bond donors (Lipinski definition) is 7. The number of nitrogens with two attached hydrogens (primary N) is 2. The van der Waals surface area contributed by atoms with Gasteiger partial charge in [0.2, 0.25) is 5.91 Å². The van der Waals surface area contributed by atoms with E-state index in [2.05, 4.69) is 0 Å². The maximum absolute atomic E-state index is 12.5. The molecule has 3 saturated heterocycles. The summed E-state index contributed by atoms with van der Waals surface area (Å²) in [4.78, 5) is 24.7. The number of epoxide rings is 1. The van der Waals surface area contributed by atoms with Crippen molar-refractivity contribution in [1.29, 1.82) is 0 Å². The fraction of sp³-hybridized carbons (Fsp3) is 0.636. The van der Waals surface area contributed by atoms with Crippen molar-refractivity contribution in [3.05, 3.63) is 60.8 Å². The van der Waals surface area contributed by atoms with Crippen molar-refractivity contribution in [3.63, 3.8) is 0 Å². The SMILES string of the molecule is C[C@H]1C/C=C/C=C/C=C/C=C/[C@H](O[C@@H]2O[C@H](C)[C@@H](O)[C@H](N)[C@@H]2O)C[C@H]2O[C@@](O)(C[C@@H](O)C[C@@H]3O[C@@H]3/C=C/C(=O)O1)C[C@@H](O)[C@@H]2C(N)=O. The second-order valence-corrected chi connectivity index (χ2v) is 12.6. The van der Waals surface area contributed by atoms with Gasteiger partial charge in [0.1, 0.15) is 18.3 Å². The molecular formula is C33H48N2O12. The van der Waals surface area contributed by atoms with Crippen molar-refractivity contribution < 1.29 is 58.8 Å². The molecule has 3 fully saturated rings. The number of amides is 1. The van der Waals surface area contributed by atoms with E-state index in [1.165, 1.54) is 6.08 Å². The van der Waals surface area contributed by atoms with Crippen LogP contribution in [0.3, 0.4) is 0 Å². The average molecular weight is 665 g/mol. The van der Waals surface area contributed by atoms with Crippen LogP contribution < -0.4 is 11.5 Å². The molecule has 0 aromatic rings. The molecule has 14 atom stereocenters. The number of carbonyl (C=O) groups excluding carboxylic acids is 2. The first-order valence-electron chi connectivity index (χ1n) is 16.0. The second kappa shape index (κ2) is 16.6. The van der Waals surface area contributed by atoms with Crippen molar-refractivity contribution in [2.75, 3.05) is 0 Å². The summed E-state index contributed by atoms with van der Waals surface area (Å²) < 4.78 is 28.7. The Morgan fingerprint density at radius 2 is 1.64 bits per heavy atom. The van der Waals surface area contributed by atoms with E-state index in [4.69, 9.17) is 35.2 Å². The van der Waals surface area contributed by atoms with E-state index in [1.807, 2.05) is 12.2 Å². The number of allylic oxidation sites excluding steroid dienone is 6. The van der Waals surface area contributed by atoms with Gasteiger partial charge in [0.25, 0.3) is 0 Å². The lowest BCUT2D eigenvalue weighted by Gasteiger charge is -2.45. The summed E-state index contributed by atoms with van der Waals surface area (Å²) >= 11 is 0. The average Bonchev–Trinajstić information content (AvgIpc) is 3.72. The van der Waals surface area contributed by atoms with E-state index in [0.717, 1.165) is 0 Å². The normalized spacial score (nSPS) is 47.2. The maximum atomic E-state index is 12.5. The Morgan fingerprint density at radius 3 is 2.36 bits per heavy atom. The molecule has 0 spiro atoms. The Labute approximate surface area is 273 Å². The molecule has 1 amide bonds. The molecule has 262 valence electrons. The van der Waals surface area contributed by atoms with Crippen LogP contribution in [0.5, 0.6) is 0 Å². The third kappa shape index (κ3) is 10.6. The zero-order valence-corrected chi connectivity index (χ0v) is 26.6. The molecule has 4 aliphatic heterocycles. The lowest BCUT2D eigenvalue weighted by Crippen LogP contribution is -2.61. The fourth-order valence-corrected chi connectivity index (χ4v) is 6.05. The Bertz CT molecular complexity index is 1220. The van der Waals surface area contributed by atoms with E-state index in [0.29, 0.717) is 6.42 Å². The molecular weight excluding hydrogens is 616 g/mol. The highest BCUT2D eigenvalue weighted by atomic mass is 16.7. The number of cyclic esters (lactones) is 1. The zero-order chi connectivity index (χ0) is 34.3. The number of aliphatic hydroxyl groups excluding tert-OH is 4. The Balaban J connectivity index is 1.58. The van der Waals surface area contributed by atoms with Crippen LogP contribution in [-0.4, -0.2) is 117 Å². The number of primary amides is 1. The molecule has 0 aromatic carbocycles. The van der Waals surface area contributed by atoms with Gasteiger partial charge >= 0.3 is 5.97 Å². The number of fused-ring (bicyclic) bond motifs is 3. The number of carbonyl (C=O) groups is 2. The van der Waals surface area contributed by atoms with E-state index >= 15 is 0 Å². The van der Waals surface area contributed by atoms with Crippen LogP contribution in [-0.2, 0) is 33.3 Å². The van der Waals surface area contributed by atoms with Crippen molar-refractivity contribution >= 4 is 11.9 Å². The molecule has 4 rings (SSSR count). The summed E-state index contributed by atoms with van der Waals surface area (Å²) in [6, 6.07) is -1.06. The quantitative estimate of drug-likeness (QED) is 0.149. The van der Waals surface area contributed by atoms with Gasteiger partial charge in [0.15, 0.2) is 12.1 Å². The first kappa shape index (κ1) is 37.1. The highest BCUT2D eigenvalue weighted by molar-refractivity contribution is 5.82. The van der Waals surface area contributed by atoms with Gasteiger partial charge in [0, 0.05) is 38.2 Å². The summed E-state index contributed by atoms with van der Waals surface area (Å²) in [7, 11) is 0. The highest BCUT2D eigenvalue weighted by Crippen LogP contribution is 2.39. The monoisotopic (exact) mass is 664 g/mol. The predicted octanol–water partition coefficient (Wildman–Crippen LogP) is -0.480. The van der Waals surface area contributed by atoms with Gasteiger partial charge in [-0.05, 0) is 19.9 Å². The lowest BCUT2D eigenvalue weighted by atomic mass is 9.82. The first-order chi connectivity index (χ1) is 22.3. The summed E-state index contributed by atoms with van der Waals surface area (Å²) in [6.07, 6.45) is 6.16. The number of ether oxygens (including phenoxy) is 5. The molecule has 9 N–H and O–H groups in total.